The largest absolute Gasteiger partial charge is 0.269 e. The number of hydrogen-bond donors (Lipinski definition) is 0. The summed E-state index contributed by atoms with van der Waals surface area (Å²) in [5, 5.41) is 23.5. The molecule has 2 rings (SSSR count). The van der Waals surface area contributed by atoms with Gasteiger partial charge in [-0.2, -0.15) is 0 Å². The SMILES string of the molecule is CC(C)(C)P(c1ccc([N+](=O)[O-])cc1)c1ccc([N+](=O)[O-])cc1. The predicted molar refractivity (Wildman–Crippen MR) is 92.1 cm³/mol. The minimum Gasteiger partial charge on any atom is -0.258 e. The van der Waals surface area contributed by atoms with Crippen LogP contribution >= 0.6 is 7.92 Å². The van der Waals surface area contributed by atoms with Gasteiger partial charge in [-0.25, -0.2) is 0 Å². The number of nitro groups is 2. The average Bonchev–Trinajstić information content (AvgIpc) is 2.47. The molecule has 0 atom stereocenters. The van der Waals surface area contributed by atoms with Crippen LogP contribution in [0.3, 0.4) is 0 Å². The van der Waals surface area contributed by atoms with E-state index in [4.69, 9.17) is 0 Å². The van der Waals surface area contributed by atoms with Gasteiger partial charge in [0.25, 0.3) is 11.4 Å². The molecule has 23 heavy (non-hydrogen) atoms. The zero-order valence-corrected chi connectivity index (χ0v) is 14.0. The summed E-state index contributed by atoms with van der Waals surface area (Å²) < 4.78 is 0. The zero-order chi connectivity index (χ0) is 17.2. The Morgan fingerprint density at radius 1 is 0.739 bits per heavy atom. The van der Waals surface area contributed by atoms with Crippen molar-refractivity contribution in [3.63, 3.8) is 0 Å². The molecule has 0 spiro atoms. The summed E-state index contributed by atoms with van der Waals surface area (Å²) in [6.45, 7) is 6.30. The average molecular weight is 332 g/mol. The quantitative estimate of drug-likeness (QED) is 0.485. The van der Waals surface area contributed by atoms with Crippen molar-refractivity contribution in [3.05, 3.63) is 68.8 Å². The summed E-state index contributed by atoms with van der Waals surface area (Å²) in [4.78, 5) is 20.8. The standard InChI is InChI=1S/C16H17N2O4P/c1-16(2,3)23(14-8-4-12(5-9-14)17(19)20)15-10-6-13(7-11-15)18(21)22/h4-11H,1-3H3. The fourth-order valence-corrected chi connectivity index (χ4v) is 5.11. The van der Waals surface area contributed by atoms with Crippen LogP contribution in [0.2, 0.25) is 0 Å². The van der Waals surface area contributed by atoms with E-state index in [0.29, 0.717) is 0 Å². The van der Waals surface area contributed by atoms with E-state index in [9.17, 15) is 20.2 Å². The highest BCUT2D eigenvalue weighted by molar-refractivity contribution is 7.74. The smallest absolute Gasteiger partial charge is 0.258 e. The van der Waals surface area contributed by atoms with Crippen LogP contribution < -0.4 is 10.6 Å². The number of nitro benzene ring substituents is 2. The van der Waals surface area contributed by atoms with Crippen LogP contribution in [-0.2, 0) is 0 Å². The van der Waals surface area contributed by atoms with E-state index in [1.807, 2.05) is 0 Å². The first-order valence-electron chi connectivity index (χ1n) is 6.99. The van der Waals surface area contributed by atoms with E-state index < -0.39 is 17.8 Å². The first-order valence-corrected chi connectivity index (χ1v) is 8.33. The normalized spacial score (nSPS) is 11.5. The van der Waals surface area contributed by atoms with Gasteiger partial charge in [0, 0.05) is 24.3 Å². The molecule has 2 aromatic rings. The molecule has 0 aliphatic carbocycles. The van der Waals surface area contributed by atoms with Crippen LogP contribution in [0.15, 0.2) is 48.5 Å². The van der Waals surface area contributed by atoms with Gasteiger partial charge in [-0.3, -0.25) is 20.2 Å². The highest BCUT2D eigenvalue weighted by Crippen LogP contribution is 2.47. The summed E-state index contributed by atoms with van der Waals surface area (Å²) in [7, 11) is -0.800. The molecule has 0 aromatic heterocycles. The maximum Gasteiger partial charge on any atom is 0.269 e. The Kier molecular flexibility index (Phi) is 4.76. The monoisotopic (exact) mass is 332 g/mol. The van der Waals surface area contributed by atoms with Crippen LogP contribution in [0.25, 0.3) is 0 Å². The summed E-state index contributed by atoms with van der Waals surface area (Å²) in [5.74, 6) is 0. The topological polar surface area (TPSA) is 86.3 Å². The minimum absolute atomic E-state index is 0.0568. The third-order valence-corrected chi connectivity index (χ3v) is 6.28. The number of rotatable bonds is 4. The van der Waals surface area contributed by atoms with Gasteiger partial charge in [-0.1, -0.05) is 20.8 Å². The lowest BCUT2D eigenvalue weighted by atomic mass is 10.2. The molecule has 0 aliphatic heterocycles. The van der Waals surface area contributed by atoms with Crippen LogP contribution in [0.5, 0.6) is 0 Å². The molecule has 6 nitrogen and oxygen atoms in total. The van der Waals surface area contributed by atoms with E-state index in [0.717, 1.165) is 10.6 Å². The second kappa shape index (κ2) is 6.42. The van der Waals surface area contributed by atoms with Crippen LogP contribution in [-0.4, -0.2) is 15.0 Å². The van der Waals surface area contributed by atoms with Gasteiger partial charge in [0.05, 0.1) is 9.85 Å². The summed E-state index contributed by atoms with van der Waals surface area (Å²) in [5.41, 5.74) is 0.114. The molecule has 0 fully saturated rings. The fourth-order valence-electron chi connectivity index (χ4n) is 2.37. The Labute approximate surface area is 135 Å². The predicted octanol–water partition coefficient (Wildman–Crippen LogP) is 3.73. The van der Waals surface area contributed by atoms with Crippen molar-refractivity contribution < 1.29 is 9.85 Å². The second-order valence-corrected chi connectivity index (χ2v) is 9.10. The van der Waals surface area contributed by atoms with E-state index in [-0.39, 0.29) is 16.5 Å². The molecule has 0 saturated carbocycles. The maximum absolute atomic E-state index is 10.8. The molecule has 0 bridgehead atoms. The van der Waals surface area contributed by atoms with Crippen LogP contribution in [0, 0.1) is 20.2 Å². The molecule has 2 aromatic carbocycles. The van der Waals surface area contributed by atoms with E-state index in [1.54, 1.807) is 24.3 Å². The van der Waals surface area contributed by atoms with Gasteiger partial charge in [-0.05, 0) is 48.0 Å². The third kappa shape index (κ3) is 3.90. The third-order valence-electron chi connectivity index (χ3n) is 3.31. The molecule has 0 heterocycles. The van der Waals surface area contributed by atoms with Crippen molar-refractivity contribution in [2.45, 2.75) is 25.9 Å². The number of non-ortho nitro benzene ring substituents is 2. The molecule has 0 saturated heterocycles. The highest BCUT2D eigenvalue weighted by Gasteiger charge is 2.28. The van der Waals surface area contributed by atoms with E-state index in [1.165, 1.54) is 24.3 Å². The Bertz CT molecular complexity index is 664. The lowest BCUT2D eigenvalue weighted by molar-refractivity contribution is -0.385. The molecule has 0 radical (unpaired) electrons. The van der Waals surface area contributed by atoms with Crippen molar-refractivity contribution in [1.29, 1.82) is 0 Å². The van der Waals surface area contributed by atoms with Crippen LogP contribution in [0.4, 0.5) is 11.4 Å². The van der Waals surface area contributed by atoms with Gasteiger partial charge in [0.15, 0.2) is 0 Å². The Morgan fingerprint density at radius 3 is 1.26 bits per heavy atom. The summed E-state index contributed by atoms with van der Waals surface area (Å²) >= 11 is 0. The fraction of sp³-hybridized carbons (Fsp3) is 0.250. The molecular weight excluding hydrogens is 315 g/mol. The van der Waals surface area contributed by atoms with Gasteiger partial charge in [0.2, 0.25) is 0 Å². The van der Waals surface area contributed by atoms with Crippen LogP contribution in [0.1, 0.15) is 20.8 Å². The molecule has 7 heteroatoms. The number of nitrogens with zero attached hydrogens (tertiary/aromatic N) is 2. The second-order valence-electron chi connectivity index (χ2n) is 6.05. The zero-order valence-electron chi connectivity index (χ0n) is 13.1. The molecule has 0 N–H and O–H groups in total. The minimum atomic E-state index is -0.800. The Morgan fingerprint density at radius 2 is 1.04 bits per heavy atom. The van der Waals surface area contributed by atoms with Gasteiger partial charge >= 0.3 is 0 Å². The Balaban J connectivity index is 2.45. The molecule has 0 unspecified atom stereocenters. The molecule has 0 aliphatic rings. The number of benzene rings is 2. The van der Waals surface area contributed by atoms with Gasteiger partial charge in [0.1, 0.15) is 0 Å². The molecule has 120 valence electrons. The maximum atomic E-state index is 10.8. The first-order chi connectivity index (χ1) is 10.7. The van der Waals surface area contributed by atoms with Gasteiger partial charge in [-0.15, -0.1) is 0 Å². The lowest BCUT2D eigenvalue weighted by Crippen LogP contribution is -2.26. The van der Waals surface area contributed by atoms with Gasteiger partial charge < -0.3 is 0 Å². The number of hydrogen-bond acceptors (Lipinski definition) is 4. The van der Waals surface area contributed by atoms with Crippen molar-refractivity contribution in [2.24, 2.45) is 0 Å². The van der Waals surface area contributed by atoms with Crippen molar-refractivity contribution in [3.8, 4) is 0 Å². The summed E-state index contributed by atoms with van der Waals surface area (Å²) in [6.07, 6.45) is 0. The van der Waals surface area contributed by atoms with E-state index >= 15 is 0 Å². The van der Waals surface area contributed by atoms with Crippen molar-refractivity contribution >= 4 is 29.9 Å². The highest BCUT2D eigenvalue weighted by atomic mass is 31.1. The molecule has 0 amide bonds. The molecular formula is C16H17N2O4P. The summed E-state index contributed by atoms with van der Waals surface area (Å²) in [6, 6.07) is 13.1. The lowest BCUT2D eigenvalue weighted by Gasteiger charge is -2.32. The van der Waals surface area contributed by atoms with E-state index in [2.05, 4.69) is 20.8 Å². The van der Waals surface area contributed by atoms with Crippen molar-refractivity contribution in [1.82, 2.24) is 0 Å². The van der Waals surface area contributed by atoms with Crippen molar-refractivity contribution in [2.75, 3.05) is 0 Å². The first kappa shape index (κ1) is 17.0. The Hall–Kier alpha value is -2.33.